The summed E-state index contributed by atoms with van der Waals surface area (Å²) in [5.41, 5.74) is 3.36. The van der Waals surface area contributed by atoms with Gasteiger partial charge in [0.1, 0.15) is 11.4 Å². The monoisotopic (exact) mass is 299 g/mol. The van der Waals surface area contributed by atoms with E-state index in [1.807, 2.05) is 29.2 Å². The van der Waals surface area contributed by atoms with E-state index < -0.39 is 5.97 Å². The molecule has 0 aromatic heterocycles. The third-order valence-corrected chi connectivity index (χ3v) is 4.31. The van der Waals surface area contributed by atoms with Crippen molar-refractivity contribution in [3.05, 3.63) is 53.3 Å². The van der Waals surface area contributed by atoms with Crippen molar-refractivity contribution in [3.8, 4) is 5.75 Å². The van der Waals surface area contributed by atoms with Crippen LogP contribution in [-0.4, -0.2) is 29.6 Å². The van der Waals surface area contributed by atoms with Gasteiger partial charge < -0.3 is 14.7 Å². The number of benzene rings is 1. The summed E-state index contributed by atoms with van der Waals surface area (Å²) in [6.45, 7) is 5.25. The van der Waals surface area contributed by atoms with Crippen molar-refractivity contribution in [2.45, 2.75) is 25.8 Å². The molecule has 0 radical (unpaired) electrons. The van der Waals surface area contributed by atoms with Gasteiger partial charge in [-0.1, -0.05) is 18.7 Å². The Balaban J connectivity index is 1.84. The minimum absolute atomic E-state index is 0.430. The molecule has 0 amide bonds. The van der Waals surface area contributed by atoms with E-state index in [0.29, 0.717) is 24.7 Å². The number of carbonyl (C=O) groups is 1. The maximum atomic E-state index is 11.7. The number of aliphatic carboxylic acids is 1. The summed E-state index contributed by atoms with van der Waals surface area (Å²) >= 11 is 0. The number of hydrogen-bond acceptors (Lipinski definition) is 3. The average Bonchev–Trinajstić information content (AvgIpc) is 3.24. The van der Waals surface area contributed by atoms with Crippen LogP contribution >= 0.6 is 0 Å². The first-order chi connectivity index (χ1) is 10.6. The highest BCUT2D eigenvalue weighted by atomic mass is 16.5. The zero-order valence-corrected chi connectivity index (χ0v) is 12.8. The molecule has 1 heterocycles. The Bertz CT molecular complexity index is 643. The molecule has 4 heteroatoms. The van der Waals surface area contributed by atoms with Gasteiger partial charge in [0.25, 0.3) is 0 Å². The summed E-state index contributed by atoms with van der Waals surface area (Å²) in [6.07, 6.45) is 3.27. The summed E-state index contributed by atoms with van der Waals surface area (Å²) in [5, 5.41) is 9.62. The van der Waals surface area contributed by atoms with E-state index >= 15 is 0 Å². The molecule has 1 aromatic rings. The maximum absolute atomic E-state index is 11.7. The number of hydrogen-bond donors (Lipinski definition) is 1. The first-order valence-corrected chi connectivity index (χ1v) is 7.61. The van der Waals surface area contributed by atoms with Crippen LogP contribution in [-0.2, 0) is 11.3 Å². The Morgan fingerprint density at radius 1 is 1.45 bits per heavy atom. The lowest BCUT2D eigenvalue weighted by molar-refractivity contribution is -0.134. The minimum atomic E-state index is -0.850. The molecular weight excluding hydrogens is 278 g/mol. The molecule has 4 nitrogen and oxygen atoms in total. The van der Waals surface area contributed by atoms with Gasteiger partial charge in [0.15, 0.2) is 0 Å². The molecule has 0 atom stereocenters. The summed E-state index contributed by atoms with van der Waals surface area (Å²) < 4.78 is 5.23. The predicted molar refractivity (Wildman–Crippen MR) is 84.5 cm³/mol. The summed E-state index contributed by atoms with van der Waals surface area (Å²) in [5.74, 6) is 0.588. The highest BCUT2D eigenvalue weighted by molar-refractivity contribution is 5.89. The van der Waals surface area contributed by atoms with E-state index in [1.165, 1.54) is 12.8 Å². The second-order valence-electron chi connectivity index (χ2n) is 6.09. The minimum Gasteiger partial charge on any atom is -0.497 e. The lowest BCUT2D eigenvalue weighted by Gasteiger charge is -2.20. The van der Waals surface area contributed by atoms with Gasteiger partial charge in [0.2, 0.25) is 0 Å². The van der Waals surface area contributed by atoms with Gasteiger partial charge in [0.05, 0.1) is 7.11 Å². The van der Waals surface area contributed by atoms with E-state index in [0.717, 1.165) is 28.9 Å². The number of carboxylic acids is 1. The summed E-state index contributed by atoms with van der Waals surface area (Å²) in [7, 11) is 1.63. The maximum Gasteiger partial charge on any atom is 0.352 e. The van der Waals surface area contributed by atoms with Crippen molar-refractivity contribution in [1.82, 2.24) is 4.90 Å². The molecule has 1 N–H and O–H groups in total. The smallest absolute Gasteiger partial charge is 0.352 e. The standard InChI is InChI=1S/C18H21NO3/c1-12-10-19(11-14-4-3-5-15(8-14)22-2)17(18(20)21)16(12)9-13-6-7-13/h3-5,8,13H,1,6-7,9-11H2,2H3,(H,20,21). The second kappa shape index (κ2) is 5.87. The molecule has 1 aromatic carbocycles. The first-order valence-electron chi connectivity index (χ1n) is 7.61. The SMILES string of the molecule is C=C1CN(Cc2cccc(OC)c2)C(C(=O)O)=C1CC1CC1. The van der Waals surface area contributed by atoms with E-state index in [1.54, 1.807) is 7.11 Å². The van der Waals surface area contributed by atoms with E-state index in [2.05, 4.69) is 6.58 Å². The number of carboxylic acid groups (broad SMARTS) is 1. The van der Waals surface area contributed by atoms with Gasteiger partial charge in [-0.25, -0.2) is 4.79 Å². The third-order valence-electron chi connectivity index (χ3n) is 4.31. The lowest BCUT2D eigenvalue weighted by atomic mass is 10.0. The van der Waals surface area contributed by atoms with Crippen LogP contribution in [0.5, 0.6) is 5.75 Å². The van der Waals surface area contributed by atoms with Crippen molar-refractivity contribution in [2.24, 2.45) is 5.92 Å². The summed E-state index contributed by atoms with van der Waals surface area (Å²) in [4.78, 5) is 13.6. The molecule has 0 unspecified atom stereocenters. The fourth-order valence-corrected chi connectivity index (χ4v) is 3.01. The number of rotatable bonds is 6. The van der Waals surface area contributed by atoms with Crippen molar-refractivity contribution in [2.75, 3.05) is 13.7 Å². The number of methoxy groups -OCH3 is 1. The van der Waals surface area contributed by atoms with Crippen LogP contribution in [0.3, 0.4) is 0 Å². The fraction of sp³-hybridized carbons (Fsp3) is 0.389. The summed E-state index contributed by atoms with van der Waals surface area (Å²) in [6, 6.07) is 7.75. The Morgan fingerprint density at radius 2 is 2.23 bits per heavy atom. The first kappa shape index (κ1) is 14.7. The largest absolute Gasteiger partial charge is 0.497 e. The average molecular weight is 299 g/mol. The molecule has 2 aliphatic rings. The van der Waals surface area contributed by atoms with Gasteiger partial charge in [-0.15, -0.1) is 0 Å². The molecule has 1 aliphatic carbocycles. The zero-order valence-electron chi connectivity index (χ0n) is 12.8. The number of nitrogens with zero attached hydrogens (tertiary/aromatic N) is 1. The van der Waals surface area contributed by atoms with Gasteiger partial charge >= 0.3 is 5.97 Å². The normalized spacial score (nSPS) is 18.0. The highest BCUT2D eigenvalue weighted by Gasteiger charge is 2.34. The molecule has 0 saturated heterocycles. The highest BCUT2D eigenvalue weighted by Crippen LogP contribution is 2.41. The second-order valence-corrected chi connectivity index (χ2v) is 6.09. The van der Waals surface area contributed by atoms with Crippen LogP contribution in [0.2, 0.25) is 0 Å². The molecular formula is C18H21NO3. The van der Waals surface area contributed by atoms with Gasteiger partial charge in [-0.2, -0.15) is 0 Å². The van der Waals surface area contributed by atoms with Crippen molar-refractivity contribution >= 4 is 5.97 Å². The molecule has 1 fully saturated rings. The van der Waals surface area contributed by atoms with E-state index in [-0.39, 0.29) is 0 Å². The molecule has 1 saturated carbocycles. The van der Waals surface area contributed by atoms with Crippen molar-refractivity contribution in [3.63, 3.8) is 0 Å². The molecule has 116 valence electrons. The Morgan fingerprint density at radius 3 is 2.86 bits per heavy atom. The molecule has 22 heavy (non-hydrogen) atoms. The van der Waals surface area contributed by atoms with Crippen molar-refractivity contribution in [1.29, 1.82) is 0 Å². The molecule has 1 aliphatic heterocycles. The van der Waals surface area contributed by atoms with Crippen LogP contribution in [0, 0.1) is 5.92 Å². The molecule has 3 rings (SSSR count). The van der Waals surface area contributed by atoms with Crippen molar-refractivity contribution < 1.29 is 14.6 Å². The van der Waals surface area contributed by atoms with E-state index in [9.17, 15) is 9.90 Å². The van der Waals surface area contributed by atoms with Gasteiger partial charge in [-0.3, -0.25) is 0 Å². The number of ether oxygens (including phenoxy) is 1. The van der Waals surface area contributed by atoms with Gasteiger partial charge in [-0.05, 0) is 54.0 Å². The quantitative estimate of drug-likeness (QED) is 0.876. The van der Waals surface area contributed by atoms with Crippen LogP contribution in [0.4, 0.5) is 0 Å². The van der Waals surface area contributed by atoms with Crippen LogP contribution in [0.15, 0.2) is 47.7 Å². The zero-order chi connectivity index (χ0) is 15.7. The topological polar surface area (TPSA) is 49.8 Å². The lowest BCUT2D eigenvalue weighted by Crippen LogP contribution is -2.24. The van der Waals surface area contributed by atoms with Gasteiger partial charge in [0, 0.05) is 13.1 Å². The van der Waals surface area contributed by atoms with E-state index in [4.69, 9.17) is 4.74 Å². The predicted octanol–water partition coefficient (Wildman–Crippen LogP) is 3.21. The van der Waals surface area contributed by atoms with Crippen LogP contribution in [0.25, 0.3) is 0 Å². The third kappa shape index (κ3) is 3.01. The Kier molecular flexibility index (Phi) is 3.92. The fourth-order valence-electron chi connectivity index (χ4n) is 3.01. The molecule has 0 spiro atoms. The van der Waals surface area contributed by atoms with Crippen LogP contribution < -0.4 is 4.74 Å². The Hall–Kier alpha value is -2.23. The molecule has 0 bridgehead atoms. The van der Waals surface area contributed by atoms with Crippen LogP contribution in [0.1, 0.15) is 24.8 Å². The Labute approximate surface area is 130 Å².